The highest BCUT2D eigenvalue weighted by Crippen LogP contribution is 2.31. The lowest BCUT2D eigenvalue weighted by Gasteiger charge is -2.12. The van der Waals surface area contributed by atoms with Gasteiger partial charge in [-0.15, -0.1) is 0 Å². The van der Waals surface area contributed by atoms with E-state index < -0.39 is 0 Å². The number of hydrogen-bond donors (Lipinski definition) is 2. The molecule has 0 unspecified atom stereocenters. The van der Waals surface area contributed by atoms with E-state index in [1.54, 1.807) is 14.2 Å². The molecule has 0 saturated carbocycles. The number of nitrogens with one attached hydrogen (secondary N) is 1. The maximum atomic E-state index is 5.74. The molecule has 0 amide bonds. The monoisotopic (exact) mass is 259 g/mol. The molecule has 0 radical (unpaired) electrons. The number of hydrogen-bond acceptors (Lipinski definition) is 5. The molecule has 0 bridgehead atoms. The topological polar surface area (TPSA) is 69.4 Å². The zero-order valence-corrected chi connectivity index (χ0v) is 11.2. The standard InChI is InChI=1S/C14H17N3O2/c1-9-11(15)5-7-14(16-9)17-12-6-4-10(18-2)8-13(12)19-3/h4-8H,15H2,1-3H3,(H,16,17). The molecule has 1 aromatic heterocycles. The van der Waals surface area contributed by atoms with Crippen molar-refractivity contribution in [1.82, 2.24) is 4.98 Å². The summed E-state index contributed by atoms with van der Waals surface area (Å²) in [6.07, 6.45) is 0. The van der Waals surface area contributed by atoms with Crippen molar-refractivity contribution in [3.8, 4) is 11.5 Å². The van der Waals surface area contributed by atoms with E-state index in [2.05, 4.69) is 10.3 Å². The summed E-state index contributed by atoms with van der Waals surface area (Å²) in [5, 5.41) is 3.20. The normalized spacial score (nSPS) is 10.1. The Morgan fingerprint density at radius 2 is 1.89 bits per heavy atom. The summed E-state index contributed by atoms with van der Waals surface area (Å²) < 4.78 is 10.5. The SMILES string of the molecule is COc1ccc(Nc2ccc(N)c(C)n2)c(OC)c1. The van der Waals surface area contributed by atoms with E-state index in [-0.39, 0.29) is 0 Å². The van der Waals surface area contributed by atoms with E-state index in [0.717, 1.165) is 22.9 Å². The molecule has 3 N–H and O–H groups in total. The lowest BCUT2D eigenvalue weighted by atomic mass is 10.2. The van der Waals surface area contributed by atoms with Gasteiger partial charge >= 0.3 is 0 Å². The number of rotatable bonds is 4. The molecule has 5 nitrogen and oxygen atoms in total. The number of aryl methyl sites for hydroxylation is 1. The predicted octanol–water partition coefficient (Wildman–Crippen LogP) is 2.73. The van der Waals surface area contributed by atoms with E-state index in [4.69, 9.17) is 15.2 Å². The van der Waals surface area contributed by atoms with Crippen LogP contribution in [-0.4, -0.2) is 19.2 Å². The van der Waals surface area contributed by atoms with Crippen LogP contribution in [0.3, 0.4) is 0 Å². The Hall–Kier alpha value is -2.43. The second-order valence-corrected chi connectivity index (χ2v) is 4.06. The maximum absolute atomic E-state index is 5.74. The zero-order valence-electron chi connectivity index (χ0n) is 11.2. The zero-order chi connectivity index (χ0) is 13.8. The first kappa shape index (κ1) is 13.0. The van der Waals surface area contributed by atoms with Crippen LogP contribution in [0, 0.1) is 6.92 Å². The average molecular weight is 259 g/mol. The van der Waals surface area contributed by atoms with Gasteiger partial charge in [-0.1, -0.05) is 0 Å². The smallest absolute Gasteiger partial charge is 0.146 e. The number of nitrogen functional groups attached to an aromatic ring is 1. The molecular formula is C14H17N3O2. The minimum absolute atomic E-state index is 0.673. The van der Waals surface area contributed by atoms with Gasteiger partial charge in [-0.05, 0) is 31.2 Å². The minimum Gasteiger partial charge on any atom is -0.497 e. The minimum atomic E-state index is 0.673. The van der Waals surface area contributed by atoms with E-state index in [1.807, 2.05) is 37.3 Å². The molecule has 2 rings (SSSR count). The van der Waals surface area contributed by atoms with Crippen LogP contribution >= 0.6 is 0 Å². The van der Waals surface area contributed by atoms with Gasteiger partial charge in [-0.2, -0.15) is 0 Å². The maximum Gasteiger partial charge on any atom is 0.146 e. The molecular weight excluding hydrogens is 242 g/mol. The summed E-state index contributed by atoms with van der Waals surface area (Å²) in [7, 11) is 3.23. The van der Waals surface area contributed by atoms with E-state index in [0.29, 0.717) is 11.4 Å². The molecule has 1 heterocycles. The van der Waals surface area contributed by atoms with Gasteiger partial charge in [-0.25, -0.2) is 4.98 Å². The molecule has 100 valence electrons. The molecule has 0 saturated heterocycles. The van der Waals surface area contributed by atoms with Gasteiger partial charge in [-0.3, -0.25) is 0 Å². The lowest BCUT2D eigenvalue weighted by molar-refractivity contribution is 0.395. The van der Waals surface area contributed by atoms with Crippen LogP contribution in [0.2, 0.25) is 0 Å². The van der Waals surface area contributed by atoms with Crippen LogP contribution in [0.1, 0.15) is 5.69 Å². The van der Waals surface area contributed by atoms with Crippen molar-refractivity contribution in [1.29, 1.82) is 0 Å². The largest absolute Gasteiger partial charge is 0.497 e. The first-order chi connectivity index (χ1) is 9.13. The first-order valence-corrected chi connectivity index (χ1v) is 5.86. The summed E-state index contributed by atoms with van der Waals surface area (Å²) in [4.78, 5) is 4.36. The number of nitrogens with two attached hydrogens (primary N) is 1. The van der Waals surface area contributed by atoms with Crippen molar-refractivity contribution in [3.05, 3.63) is 36.0 Å². The Bertz CT molecular complexity index is 585. The number of nitrogens with zero attached hydrogens (tertiary/aromatic N) is 1. The van der Waals surface area contributed by atoms with E-state index >= 15 is 0 Å². The molecule has 0 spiro atoms. The van der Waals surface area contributed by atoms with Crippen LogP contribution in [0.4, 0.5) is 17.2 Å². The Morgan fingerprint density at radius 1 is 1.11 bits per heavy atom. The number of anilines is 3. The van der Waals surface area contributed by atoms with Gasteiger partial charge in [0, 0.05) is 6.07 Å². The number of methoxy groups -OCH3 is 2. The third-order valence-corrected chi connectivity index (χ3v) is 2.80. The lowest BCUT2D eigenvalue weighted by Crippen LogP contribution is -2.00. The van der Waals surface area contributed by atoms with Crippen LogP contribution in [0.5, 0.6) is 11.5 Å². The quantitative estimate of drug-likeness (QED) is 0.883. The predicted molar refractivity (Wildman–Crippen MR) is 76.2 cm³/mol. The van der Waals surface area contributed by atoms with Crippen molar-refractivity contribution in [2.75, 3.05) is 25.3 Å². The number of ether oxygens (including phenoxy) is 2. The second-order valence-electron chi connectivity index (χ2n) is 4.06. The van der Waals surface area contributed by atoms with Crippen molar-refractivity contribution in [2.24, 2.45) is 0 Å². The Labute approximate surface area is 112 Å². The molecule has 19 heavy (non-hydrogen) atoms. The highest BCUT2D eigenvalue weighted by atomic mass is 16.5. The van der Waals surface area contributed by atoms with Gasteiger partial charge in [0.05, 0.1) is 31.3 Å². The van der Waals surface area contributed by atoms with Crippen LogP contribution < -0.4 is 20.5 Å². The molecule has 0 atom stereocenters. The Morgan fingerprint density at radius 3 is 2.53 bits per heavy atom. The van der Waals surface area contributed by atoms with Gasteiger partial charge in [0.1, 0.15) is 17.3 Å². The van der Waals surface area contributed by atoms with Crippen molar-refractivity contribution in [3.63, 3.8) is 0 Å². The highest BCUT2D eigenvalue weighted by molar-refractivity contribution is 5.66. The summed E-state index contributed by atoms with van der Waals surface area (Å²) >= 11 is 0. The van der Waals surface area contributed by atoms with Crippen molar-refractivity contribution in [2.45, 2.75) is 6.92 Å². The molecule has 0 aliphatic rings. The summed E-state index contributed by atoms with van der Waals surface area (Å²) in [6.45, 7) is 1.87. The highest BCUT2D eigenvalue weighted by Gasteiger charge is 2.06. The number of pyridine rings is 1. The third-order valence-electron chi connectivity index (χ3n) is 2.80. The van der Waals surface area contributed by atoms with Crippen LogP contribution in [-0.2, 0) is 0 Å². The van der Waals surface area contributed by atoms with Crippen molar-refractivity contribution < 1.29 is 9.47 Å². The molecule has 1 aromatic carbocycles. The summed E-state index contributed by atoms with van der Waals surface area (Å²) in [5.74, 6) is 2.15. The van der Waals surface area contributed by atoms with E-state index in [1.165, 1.54) is 0 Å². The summed E-state index contributed by atoms with van der Waals surface area (Å²) in [5.41, 5.74) is 8.03. The van der Waals surface area contributed by atoms with Gasteiger partial charge in [0.25, 0.3) is 0 Å². The number of aromatic nitrogens is 1. The fourth-order valence-electron chi connectivity index (χ4n) is 1.68. The van der Waals surface area contributed by atoms with Gasteiger partial charge in [0.2, 0.25) is 0 Å². The van der Waals surface area contributed by atoms with Gasteiger partial charge < -0.3 is 20.5 Å². The molecule has 2 aromatic rings. The second kappa shape index (κ2) is 5.48. The van der Waals surface area contributed by atoms with Crippen LogP contribution in [0.25, 0.3) is 0 Å². The Kier molecular flexibility index (Phi) is 3.75. The third kappa shape index (κ3) is 2.88. The molecule has 0 aliphatic heterocycles. The van der Waals surface area contributed by atoms with Gasteiger partial charge in [0.15, 0.2) is 0 Å². The fraction of sp³-hybridized carbons (Fsp3) is 0.214. The van der Waals surface area contributed by atoms with Crippen molar-refractivity contribution >= 4 is 17.2 Å². The Balaban J connectivity index is 2.29. The molecule has 0 aliphatic carbocycles. The molecule has 0 fully saturated rings. The summed E-state index contributed by atoms with van der Waals surface area (Å²) in [6, 6.07) is 9.19. The van der Waals surface area contributed by atoms with E-state index in [9.17, 15) is 0 Å². The number of benzene rings is 1. The fourth-order valence-corrected chi connectivity index (χ4v) is 1.68. The molecule has 5 heteroatoms. The van der Waals surface area contributed by atoms with Crippen LogP contribution in [0.15, 0.2) is 30.3 Å². The average Bonchev–Trinajstić information content (AvgIpc) is 2.43. The first-order valence-electron chi connectivity index (χ1n) is 5.86.